The zero-order valence-electron chi connectivity index (χ0n) is 18.0. The van der Waals surface area contributed by atoms with Gasteiger partial charge in [0.15, 0.2) is 14.0 Å². The number of aryl methyl sites for hydroxylation is 1. The number of benzene rings is 1. The van der Waals surface area contributed by atoms with Gasteiger partial charge < -0.3 is 20.1 Å². The average Bonchev–Trinajstić information content (AvgIpc) is 3.20. The second kappa shape index (κ2) is 6.71. The van der Waals surface area contributed by atoms with Gasteiger partial charge in [0, 0.05) is 22.2 Å². The molecule has 0 aliphatic carbocycles. The summed E-state index contributed by atoms with van der Waals surface area (Å²) in [6.45, 7) is 13.9. The fourth-order valence-corrected chi connectivity index (χ4v) is 4.19. The summed E-state index contributed by atoms with van der Waals surface area (Å²) in [7, 11) is -1.78. The van der Waals surface area contributed by atoms with Gasteiger partial charge in [-0.3, -0.25) is 0 Å². The van der Waals surface area contributed by atoms with Crippen LogP contribution in [0.25, 0.3) is 33.3 Å². The lowest BCUT2D eigenvalue weighted by Gasteiger charge is -2.36. The highest BCUT2D eigenvalue weighted by Gasteiger charge is 2.37. The minimum Gasteiger partial charge on any atom is -0.413 e. The van der Waals surface area contributed by atoms with Crippen LogP contribution in [-0.2, 0) is 11.0 Å². The molecule has 1 aromatic carbocycles. The lowest BCUT2D eigenvalue weighted by atomic mass is 10.1. The molecule has 4 rings (SSSR count). The van der Waals surface area contributed by atoms with E-state index in [0.29, 0.717) is 18.1 Å². The number of nitrogens with zero attached hydrogens (tertiary/aromatic N) is 2. The number of hydrogen-bond acceptors (Lipinski definition) is 4. The molecule has 0 atom stereocenters. The fraction of sp³-hybridized carbons (Fsp3) is 0.364. The smallest absolute Gasteiger partial charge is 0.192 e. The highest BCUT2D eigenvalue weighted by atomic mass is 28.4. The van der Waals surface area contributed by atoms with Gasteiger partial charge in [-0.1, -0.05) is 26.8 Å². The Balaban J connectivity index is 1.68. The molecule has 4 aromatic rings. The van der Waals surface area contributed by atoms with Gasteiger partial charge in [0.05, 0.1) is 6.61 Å². The average molecular weight is 408 g/mol. The van der Waals surface area contributed by atoms with Gasteiger partial charge in [0.25, 0.3) is 0 Å². The first-order chi connectivity index (χ1) is 13.5. The molecule has 3 aromatic heterocycles. The fourth-order valence-electron chi connectivity index (χ4n) is 3.23. The van der Waals surface area contributed by atoms with Crippen molar-refractivity contribution in [2.45, 2.75) is 52.4 Å². The third-order valence-corrected chi connectivity index (χ3v) is 10.5. The topological polar surface area (TPSA) is 92.6 Å². The van der Waals surface area contributed by atoms with Crippen molar-refractivity contribution in [3.8, 4) is 11.3 Å². The van der Waals surface area contributed by atoms with E-state index in [1.54, 1.807) is 0 Å². The van der Waals surface area contributed by atoms with Crippen molar-refractivity contribution in [2.75, 3.05) is 5.73 Å². The molecule has 3 heterocycles. The van der Waals surface area contributed by atoms with E-state index in [-0.39, 0.29) is 5.04 Å². The van der Waals surface area contributed by atoms with Gasteiger partial charge in [-0.25, -0.2) is 9.97 Å². The molecule has 0 bridgehead atoms. The van der Waals surface area contributed by atoms with E-state index in [1.165, 1.54) is 5.56 Å². The maximum absolute atomic E-state index is 6.39. The molecular formula is C22H29N5OSi. The predicted molar refractivity (Wildman–Crippen MR) is 122 cm³/mol. The van der Waals surface area contributed by atoms with E-state index in [1.807, 2.05) is 13.0 Å². The van der Waals surface area contributed by atoms with Crippen molar-refractivity contribution in [3.05, 3.63) is 41.7 Å². The quantitative estimate of drug-likeness (QED) is 0.388. The molecule has 0 fully saturated rings. The summed E-state index contributed by atoms with van der Waals surface area (Å²) in [5.74, 6) is 1.29. The number of pyridine rings is 1. The van der Waals surface area contributed by atoms with Crippen LogP contribution in [0.5, 0.6) is 0 Å². The van der Waals surface area contributed by atoms with Crippen LogP contribution < -0.4 is 5.73 Å². The van der Waals surface area contributed by atoms with Crippen LogP contribution in [0.4, 0.5) is 5.82 Å². The summed E-state index contributed by atoms with van der Waals surface area (Å²) in [6, 6.07) is 10.4. The predicted octanol–water partition coefficient (Wildman–Crippen LogP) is 5.52. The molecular weight excluding hydrogens is 378 g/mol. The number of aromatic amines is 2. The van der Waals surface area contributed by atoms with E-state index >= 15 is 0 Å². The normalized spacial score (nSPS) is 12.9. The molecule has 152 valence electrons. The number of rotatable bonds is 4. The summed E-state index contributed by atoms with van der Waals surface area (Å²) in [5.41, 5.74) is 11.7. The zero-order chi connectivity index (χ0) is 21.0. The number of nitrogen functional groups attached to an aromatic ring is 1. The van der Waals surface area contributed by atoms with Gasteiger partial charge >= 0.3 is 0 Å². The van der Waals surface area contributed by atoms with Crippen LogP contribution >= 0.6 is 0 Å². The minimum atomic E-state index is -1.78. The molecule has 7 heteroatoms. The molecule has 0 spiro atoms. The standard InChI is InChI=1S/C22H29N5OSi/c1-13-24-20-16(11-19(23)27-21(20)25-13)18-10-15-9-14(7-8-17(15)26-18)12-28-29(5,6)22(2,3)4/h7-11,26H,12H2,1-6H3,(H3,23,24,25,27). The van der Waals surface area contributed by atoms with Crippen molar-refractivity contribution in [1.29, 1.82) is 0 Å². The molecule has 0 aliphatic heterocycles. The van der Waals surface area contributed by atoms with Crippen LogP contribution in [-0.4, -0.2) is 28.3 Å². The van der Waals surface area contributed by atoms with Gasteiger partial charge in [-0.2, -0.15) is 0 Å². The highest BCUT2D eigenvalue weighted by Crippen LogP contribution is 2.37. The van der Waals surface area contributed by atoms with Crippen LogP contribution in [0.3, 0.4) is 0 Å². The van der Waals surface area contributed by atoms with Crippen LogP contribution in [0.15, 0.2) is 30.3 Å². The molecule has 6 nitrogen and oxygen atoms in total. The number of imidazole rings is 1. The second-order valence-electron chi connectivity index (χ2n) is 9.27. The first-order valence-electron chi connectivity index (χ1n) is 9.92. The number of anilines is 1. The van der Waals surface area contributed by atoms with Crippen LogP contribution in [0.2, 0.25) is 18.1 Å². The van der Waals surface area contributed by atoms with E-state index in [0.717, 1.165) is 33.5 Å². The molecule has 0 amide bonds. The number of nitrogens with two attached hydrogens (primary N) is 1. The third-order valence-electron chi connectivity index (χ3n) is 5.97. The molecule has 0 radical (unpaired) electrons. The van der Waals surface area contributed by atoms with Gasteiger partial charge in [-0.05, 0) is 54.9 Å². The maximum Gasteiger partial charge on any atom is 0.192 e. The van der Waals surface area contributed by atoms with Crippen LogP contribution in [0, 0.1) is 6.92 Å². The van der Waals surface area contributed by atoms with Crippen LogP contribution in [0.1, 0.15) is 32.2 Å². The largest absolute Gasteiger partial charge is 0.413 e. The summed E-state index contributed by atoms with van der Waals surface area (Å²) in [4.78, 5) is 15.6. The third kappa shape index (κ3) is 3.67. The molecule has 0 aliphatic rings. The monoisotopic (exact) mass is 407 g/mol. The molecule has 0 unspecified atom stereocenters. The molecule has 29 heavy (non-hydrogen) atoms. The Hall–Kier alpha value is -2.64. The molecule has 4 N–H and O–H groups in total. The van der Waals surface area contributed by atoms with E-state index in [2.05, 4.69) is 78.1 Å². The number of aromatic nitrogens is 4. The van der Waals surface area contributed by atoms with Crippen molar-refractivity contribution in [3.63, 3.8) is 0 Å². The molecule has 0 saturated heterocycles. The summed E-state index contributed by atoms with van der Waals surface area (Å²) in [5, 5.41) is 1.35. The Kier molecular flexibility index (Phi) is 4.55. The molecule has 0 saturated carbocycles. The SMILES string of the molecule is Cc1nc2c(-c3cc4cc(CO[Si](C)(C)C(C)(C)C)ccc4[nH]3)cc(N)nc2[nH]1. The number of H-pyrrole nitrogens is 2. The Labute approximate surface area is 172 Å². The van der Waals surface area contributed by atoms with Gasteiger partial charge in [0.2, 0.25) is 0 Å². The Bertz CT molecular complexity index is 1200. The number of fused-ring (bicyclic) bond motifs is 2. The minimum absolute atomic E-state index is 0.201. The number of nitrogens with one attached hydrogen (secondary N) is 2. The van der Waals surface area contributed by atoms with Gasteiger partial charge in [-0.15, -0.1) is 0 Å². The maximum atomic E-state index is 6.39. The summed E-state index contributed by atoms with van der Waals surface area (Å²) in [6.07, 6.45) is 0. The summed E-state index contributed by atoms with van der Waals surface area (Å²) < 4.78 is 6.39. The van der Waals surface area contributed by atoms with E-state index in [4.69, 9.17) is 10.2 Å². The Morgan fingerprint density at radius 2 is 1.83 bits per heavy atom. The van der Waals surface area contributed by atoms with E-state index in [9.17, 15) is 0 Å². The highest BCUT2D eigenvalue weighted by molar-refractivity contribution is 6.74. The van der Waals surface area contributed by atoms with Crippen molar-refractivity contribution in [1.82, 2.24) is 19.9 Å². The Morgan fingerprint density at radius 3 is 2.55 bits per heavy atom. The zero-order valence-corrected chi connectivity index (χ0v) is 19.0. The second-order valence-corrected chi connectivity index (χ2v) is 14.1. The van der Waals surface area contributed by atoms with Crippen molar-refractivity contribution >= 4 is 36.2 Å². The van der Waals surface area contributed by atoms with Crippen molar-refractivity contribution < 1.29 is 4.43 Å². The lowest BCUT2D eigenvalue weighted by molar-refractivity contribution is 0.276. The van der Waals surface area contributed by atoms with E-state index < -0.39 is 8.32 Å². The first-order valence-corrected chi connectivity index (χ1v) is 12.8. The van der Waals surface area contributed by atoms with Crippen molar-refractivity contribution in [2.24, 2.45) is 0 Å². The lowest BCUT2D eigenvalue weighted by Crippen LogP contribution is -2.40. The summed E-state index contributed by atoms with van der Waals surface area (Å²) >= 11 is 0. The van der Waals surface area contributed by atoms with Gasteiger partial charge in [0.1, 0.15) is 17.2 Å². The number of hydrogen-bond donors (Lipinski definition) is 3. The first kappa shape index (κ1) is 19.7. The Morgan fingerprint density at radius 1 is 1.07 bits per heavy atom.